The highest BCUT2D eigenvalue weighted by molar-refractivity contribution is 8.08. The second kappa shape index (κ2) is 11.2. The van der Waals surface area contributed by atoms with Crippen LogP contribution in [0.15, 0.2) is 164 Å². The monoisotopic (exact) mass is 646 g/mol. The van der Waals surface area contributed by atoms with Gasteiger partial charge >= 0.3 is 0 Å². The number of nitrogens with zero attached hydrogens (tertiary/aromatic N) is 2. The highest BCUT2D eigenvalue weighted by Crippen LogP contribution is 2.63. The first-order chi connectivity index (χ1) is 24.3. The predicted octanol–water partition coefficient (Wildman–Crippen LogP) is 11.5. The highest BCUT2D eigenvalue weighted by atomic mass is 32.2. The van der Waals surface area contributed by atoms with Gasteiger partial charge in [-0.1, -0.05) is 152 Å². The summed E-state index contributed by atoms with van der Waals surface area (Å²) in [6, 6.07) is 55.9. The Morgan fingerprint density at radius 3 is 1.88 bits per heavy atom. The Balaban J connectivity index is 1.09. The van der Waals surface area contributed by atoms with E-state index in [1.54, 1.807) is 0 Å². The molecule has 0 fully saturated rings. The lowest BCUT2D eigenvalue weighted by Gasteiger charge is -2.40. The van der Waals surface area contributed by atoms with E-state index in [1.165, 1.54) is 43.8 Å². The van der Waals surface area contributed by atoms with E-state index in [-0.39, 0.29) is 5.25 Å². The molecule has 1 spiro atoms. The van der Waals surface area contributed by atoms with Crippen LogP contribution < -0.4 is 4.74 Å². The fourth-order valence-electron chi connectivity index (χ4n) is 8.02. The molecular formula is C45H30N2OS. The third-order valence-corrected chi connectivity index (χ3v) is 11.5. The topological polar surface area (TPSA) is 35.0 Å². The van der Waals surface area contributed by atoms with Gasteiger partial charge in [0.1, 0.15) is 11.5 Å². The van der Waals surface area contributed by atoms with Crippen LogP contribution in [-0.4, -0.2) is 9.97 Å². The molecule has 4 heteroatoms. The first-order valence-electron chi connectivity index (χ1n) is 16.8. The third-order valence-electron chi connectivity index (χ3n) is 10.1. The average Bonchev–Trinajstić information content (AvgIpc) is 3.78. The SMILES string of the molecule is C1=C(c2cc(-c3ccccc3)nc(-c3ccccc3)n2)SC(c2cccc3c2Oc2ccccc2C32c3ccccc3-c3ccccc32)C1. The predicted molar refractivity (Wildman–Crippen MR) is 200 cm³/mol. The molecule has 10 rings (SSSR count). The Labute approximate surface area is 290 Å². The van der Waals surface area contributed by atoms with Crippen LogP contribution in [-0.2, 0) is 5.41 Å². The van der Waals surface area contributed by atoms with Crippen molar-refractivity contribution in [3.05, 3.63) is 197 Å². The van der Waals surface area contributed by atoms with Gasteiger partial charge in [0.05, 0.1) is 16.8 Å². The van der Waals surface area contributed by atoms with Crippen LogP contribution in [0.3, 0.4) is 0 Å². The number of aromatic nitrogens is 2. The first kappa shape index (κ1) is 28.3. The quantitative estimate of drug-likeness (QED) is 0.191. The van der Waals surface area contributed by atoms with E-state index in [4.69, 9.17) is 14.7 Å². The standard InChI is InChI=1S/C45H30N2OS/c1-3-14-29(15-4-1)38-28-39(47-44(46-38)30-16-5-2-6-17-30)42-27-26-41(49-42)33-20-13-24-37-43(33)48-40-25-12-11-23-36(40)45(37)34-21-9-7-18-31(34)32-19-8-10-22-35(32)45/h1-25,27-28,41H,26H2. The molecule has 0 bridgehead atoms. The summed E-state index contributed by atoms with van der Waals surface area (Å²) in [6.07, 6.45) is 3.22. The normalized spacial score (nSPS) is 16.2. The molecule has 0 saturated carbocycles. The second-order valence-electron chi connectivity index (χ2n) is 12.8. The molecule has 0 radical (unpaired) electrons. The van der Waals surface area contributed by atoms with E-state index >= 15 is 0 Å². The van der Waals surface area contributed by atoms with Gasteiger partial charge in [-0.3, -0.25) is 0 Å². The van der Waals surface area contributed by atoms with Crippen LogP contribution in [0.4, 0.5) is 0 Å². The summed E-state index contributed by atoms with van der Waals surface area (Å²) in [5.74, 6) is 2.62. The van der Waals surface area contributed by atoms with E-state index in [0.717, 1.165) is 46.3 Å². The van der Waals surface area contributed by atoms with Gasteiger partial charge in [-0.25, -0.2) is 9.97 Å². The van der Waals surface area contributed by atoms with Crippen LogP contribution in [0.5, 0.6) is 11.5 Å². The molecular weight excluding hydrogens is 617 g/mol. The molecule has 7 aromatic rings. The summed E-state index contributed by atoms with van der Waals surface area (Å²) >= 11 is 1.87. The maximum absolute atomic E-state index is 6.97. The van der Waals surface area contributed by atoms with Gasteiger partial charge in [-0.15, -0.1) is 11.8 Å². The number of benzene rings is 6. The summed E-state index contributed by atoms with van der Waals surface area (Å²) < 4.78 is 6.97. The van der Waals surface area contributed by atoms with Crippen molar-refractivity contribution >= 4 is 16.7 Å². The van der Waals surface area contributed by atoms with Gasteiger partial charge in [0.15, 0.2) is 5.82 Å². The van der Waals surface area contributed by atoms with E-state index in [1.807, 2.05) is 36.0 Å². The molecule has 2 aliphatic heterocycles. The number of rotatable bonds is 4. The maximum atomic E-state index is 6.97. The lowest BCUT2D eigenvalue weighted by Crippen LogP contribution is -2.32. The van der Waals surface area contributed by atoms with Gasteiger partial charge in [0.2, 0.25) is 0 Å². The zero-order valence-electron chi connectivity index (χ0n) is 26.6. The molecule has 3 heterocycles. The molecule has 3 aliphatic rings. The number of ether oxygens (including phenoxy) is 1. The first-order valence-corrected chi connectivity index (χ1v) is 17.6. The molecule has 6 aromatic carbocycles. The van der Waals surface area contributed by atoms with Gasteiger partial charge < -0.3 is 4.74 Å². The number of allylic oxidation sites excluding steroid dienone is 1. The maximum Gasteiger partial charge on any atom is 0.160 e. The van der Waals surface area contributed by atoms with Gasteiger partial charge in [-0.2, -0.15) is 0 Å². The van der Waals surface area contributed by atoms with Crippen molar-refractivity contribution < 1.29 is 4.74 Å². The van der Waals surface area contributed by atoms with E-state index in [2.05, 4.69) is 140 Å². The van der Waals surface area contributed by atoms with Crippen LogP contribution in [0.25, 0.3) is 38.7 Å². The van der Waals surface area contributed by atoms with Crippen LogP contribution in [0.2, 0.25) is 0 Å². The third kappa shape index (κ3) is 4.30. The Morgan fingerprint density at radius 1 is 0.551 bits per heavy atom. The van der Waals surface area contributed by atoms with Crippen molar-refractivity contribution in [3.63, 3.8) is 0 Å². The minimum absolute atomic E-state index is 0.175. The van der Waals surface area contributed by atoms with Crippen molar-refractivity contribution in [3.8, 4) is 45.3 Å². The fraction of sp³-hybridized carbons (Fsp3) is 0.0667. The average molecular weight is 647 g/mol. The summed E-state index contributed by atoms with van der Waals surface area (Å²) in [5.41, 5.74) is 12.3. The summed E-state index contributed by atoms with van der Waals surface area (Å²) in [7, 11) is 0. The summed E-state index contributed by atoms with van der Waals surface area (Å²) in [5, 5.41) is 0.175. The number of fused-ring (bicyclic) bond motifs is 9. The summed E-state index contributed by atoms with van der Waals surface area (Å²) in [4.78, 5) is 11.3. The lowest BCUT2D eigenvalue weighted by molar-refractivity contribution is 0.430. The minimum Gasteiger partial charge on any atom is -0.456 e. The van der Waals surface area contributed by atoms with Crippen molar-refractivity contribution in [1.29, 1.82) is 0 Å². The molecule has 232 valence electrons. The van der Waals surface area contributed by atoms with Crippen LogP contribution in [0.1, 0.15) is 45.2 Å². The minimum atomic E-state index is -0.464. The number of thioether (sulfide) groups is 1. The molecule has 1 atom stereocenters. The molecule has 0 saturated heterocycles. The highest BCUT2D eigenvalue weighted by Gasteiger charge is 2.51. The van der Waals surface area contributed by atoms with Crippen molar-refractivity contribution in [1.82, 2.24) is 9.97 Å². The van der Waals surface area contributed by atoms with E-state index in [9.17, 15) is 0 Å². The number of hydrogen-bond acceptors (Lipinski definition) is 4. The second-order valence-corrected chi connectivity index (χ2v) is 14.0. The van der Waals surface area contributed by atoms with Gasteiger partial charge in [0.25, 0.3) is 0 Å². The Bertz CT molecular complexity index is 2330. The molecule has 0 N–H and O–H groups in total. The molecule has 49 heavy (non-hydrogen) atoms. The summed E-state index contributed by atoms with van der Waals surface area (Å²) in [6.45, 7) is 0. The fourth-order valence-corrected chi connectivity index (χ4v) is 9.25. The zero-order valence-corrected chi connectivity index (χ0v) is 27.4. The molecule has 3 nitrogen and oxygen atoms in total. The molecule has 1 unspecified atom stereocenters. The van der Waals surface area contributed by atoms with Crippen molar-refractivity contribution in [2.75, 3.05) is 0 Å². The van der Waals surface area contributed by atoms with Crippen molar-refractivity contribution in [2.24, 2.45) is 0 Å². The van der Waals surface area contributed by atoms with Gasteiger partial charge in [-0.05, 0) is 40.8 Å². The Hall–Kier alpha value is -5.71. The van der Waals surface area contributed by atoms with Crippen LogP contribution >= 0.6 is 11.8 Å². The van der Waals surface area contributed by atoms with Gasteiger partial charge in [0, 0.05) is 38.0 Å². The molecule has 1 aromatic heterocycles. The number of hydrogen-bond donors (Lipinski definition) is 0. The van der Waals surface area contributed by atoms with E-state index in [0.29, 0.717) is 0 Å². The molecule has 0 amide bonds. The zero-order chi connectivity index (χ0) is 32.4. The Kier molecular flexibility index (Phi) is 6.46. The smallest absolute Gasteiger partial charge is 0.160 e. The largest absolute Gasteiger partial charge is 0.456 e. The van der Waals surface area contributed by atoms with Crippen molar-refractivity contribution in [2.45, 2.75) is 17.1 Å². The van der Waals surface area contributed by atoms with Crippen LogP contribution in [0, 0.1) is 0 Å². The Morgan fingerprint density at radius 2 is 1.14 bits per heavy atom. The molecule has 1 aliphatic carbocycles. The number of para-hydroxylation sites is 2. The van der Waals surface area contributed by atoms with E-state index < -0.39 is 5.41 Å². The lowest BCUT2D eigenvalue weighted by atomic mass is 9.65.